The molecule has 1 N–H and O–H groups in total. The Labute approximate surface area is 141 Å². The van der Waals surface area contributed by atoms with Crippen molar-refractivity contribution >= 4 is 23.6 Å². The molecule has 0 radical (unpaired) electrons. The second-order valence-electron chi connectivity index (χ2n) is 5.63. The van der Waals surface area contributed by atoms with Crippen molar-refractivity contribution in [3.8, 4) is 0 Å². The summed E-state index contributed by atoms with van der Waals surface area (Å²) in [5.41, 5.74) is 1.15. The van der Waals surface area contributed by atoms with E-state index in [1.54, 1.807) is 11.8 Å². The first kappa shape index (κ1) is 17.6. The Balaban J connectivity index is 1.68. The third-order valence-electron chi connectivity index (χ3n) is 4.02. The molecule has 2 rings (SSSR count). The average Bonchev–Trinajstić information content (AvgIpc) is 2.57. The zero-order valence-electron chi connectivity index (χ0n) is 13.4. The molecule has 6 heteroatoms. The summed E-state index contributed by atoms with van der Waals surface area (Å²) in [6.07, 6.45) is 1.87. The summed E-state index contributed by atoms with van der Waals surface area (Å²) in [6, 6.07) is 7.63. The highest BCUT2D eigenvalue weighted by Gasteiger charge is 2.27. The normalized spacial score (nSPS) is 15.3. The fraction of sp³-hybridized carbons (Fsp3) is 0.529. The van der Waals surface area contributed by atoms with Crippen LogP contribution in [0.3, 0.4) is 0 Å². The second-order valence-corrected chi connectivity index (χ2v) is 6.06. The lowest BCUT2D eigenvalue weighted by atomic mass is 9.96. The minimum atomic E-state index is -0.283. The monoisotopic (exact) mass is 338 g/mol. The van der Waals surface area contributed by atoms with Gasteiger partial charge in [0, 0.05) is 30.6 Å². The molecule has 1 aliphatic heterocycles. The average molecular weight is 339 g/mol. The molecule has 0 aromatic heterocycles. The van der Waals surface area contributed by atoms with Crippen LogP contribution in [0.1, 0.15) is 25.3 Å². The smallest absolute Gasteiger partial charge is 0.409 e. The van der Waals surface area contributed by atoms with Crippen LogP contribution in [0.2, 0.25) is 5.02 Å². The predicted molar refractivity (Wildman–Crippen MR) is 89.5 cm³/mol. The highest BCUT2D eigenvalue weighted by Crippen LogP contribution is 2.18. The molecule has 0 unspecified atom stereocenters. The Morgan fingerprint density at radius 2 is 1.91 bits per heavy atom. The van der Waals surface area contributed by atoms with Crippen molar-refractivity contribution in [1.29, 1.82) is 0 Å². The van der Waals surface area contributed by atoms with Crippen molar-refractivity contribution in [1.82, 2.24) is 10.2 Å². The number of amides is 2. The van der Waals surface area contributed by atoms with E-state index in [2.05, 4.69) is 5.32 Å². The second kappa shape index (κ2) is 8.77. The van der Waals surface area contributed by atoms with Gasteiger partial charge in [0.25, 0.3) is 0 Å². The summed E-state index contributed by atoms with van der Waals surface area (Å²) < 4.78 is 4.98. The predicted octanol–water partition coefficient (Wildman–Crippen LogP) is 2.87. The fourth-order valence-corrected chi connectivity index (χ4v) is 2.79. The molecule has 1 heterocycles. The first-order valence-electron chi connectivity index (χ1n) is 8.04. The number of nitrogens with zero attached hydrogens (tertiary/aromatic N) is 1. The van der Waals surface area contributed by atoms with Crippen LogP contribution in [0.5, 0.6) is 0 Å². The van der Waals surface area contributed by atoms with Crippen LogP contribution in [0, 0.1) is 5.92 Å². The van der Waals surface area contributed by atoms with Crippen molar-refractivity contribution < 1.29 is 14.3 Å². The van der Waals surface area contributed by atoms with E-state index >= 15 is 0 Å². The van der Waals surface area contributed by atoms with Crippen LogP contribution in [0.4, 0.5) is 4.79 Å². The number of carbonyl (C=O) groups is 2. The first-order valence-corrected chi connectivity index (χ1v) is 8.41. The largest absolute Gasteiger partial charge is 0.450 e. The molecule has 1 fully saturated rings. The Morgan fingerprint density at radius 3 is 2.52 bits per heavy atom. The van der Waals surface area contributed by atoms with Gasteiger partial charge in [-0.15, -0.1) is 0 Å². The first-order chi connectivity index (χ1) is 11.1. The zero-order valence-corrected chi connectivity index (χ0v) is 14.1. The van der Waals surface area contributed by atoms with Crippen molar-refractivity contribution in [2.24, 2.45) is 5.92 Å². The standard InChI is InChI=1S/C17H23ClN2O3/c1-2-23-17(22)20-11-8-14(9-12-20)16(21)19-10-7-13-3-5-15(18)6-4-13/h3-6,14H,2,7-12H2,1H3,(H,19,21). The van der Waals surface area contributed by atoms with Gasteiger partial charge in [-0.2, -0.15) is 0 Å². The molecule has 5 nitrogen and oxygen atoms in total. The van der Waals surface area contributed by atoms with Crippen LogP contribution in [-0.4, -0.2) is 43.1 Å². The van der Waals surface area contributed by atoms with Gasteiger partial charge < -0.3 is 15.0 Å². The number of carbonyl (C=O) groups excluding carboxylic acids is 2. The molecule has 126 valence electrons. The highest BCUT2D eigenvalue weighted by molar-refractivity contribution is 6.30. The van der Waals surface area contributed by atoms with Gasteiger partial charge in [-0.05, 0) is 43.9 Å². The van der Waals surface area contributed by atoms with Gasteiger partial charge in [-0.1, -0.05) is 23.7 Å². The molecular formula is C17H23ClN2O3. The summed E-state index contributed by atoms with van der Waals surface area (Å²) in [4.78, 5) is 25.5. The number of hydrogen-bond acceptors (Lipinski definition) is 3. The molecule has 0 saturated carbocycles. The van der Waals surface area contributed by atoms with Crippen molar-refractivity contribution in [2.75, 3.05) is 26.2 Å². The van der Waals surface area contributed by atoms with E-state index in [0.717, 1.165) is 12.0 Å². The van der Waals surface area contributed by atoms with Crippen LogP contribution in [0.25, 0.3) is 0 Å². The third kappa shape index (κ3) is 5.43. The number of nitrogens with one attached hydrogen (secondary N) is 1. The topological polar surface area (TPSA) is 58.6 Å². The lowest BCUT2D eigenvalue weighted by Crippen LogP contribution is -2.43. The molecule has 23 heavy (non-hydrogen) atoms. The van der Waals surface area contributed by atoms with E-state index in [1.807, 2.05) is 24.3 Å². The van der Waals surface area contributed by atoms with Crippen LogP contribution in [0.15, 0.2) is 24.3 Å². The third-order valence-corrected chi connectivity index (χ3v) is 4.27. The Bertz CT molecular complexity index is 525. The number of rotatable bonds is 5. The SMILES string of the molecule is CCOC(=O)N1CCC(C(=O)NCCc2ccc(Cl)cc2)CC1. The highest BCUT2D eigenvalue weighted by atomic mass is 35.5. The van der Waals surface area contributed by atoms with E-state index in [9.17, 15) is 9.59 Å². The summed E-state index contributed by atoms with van der Waals surface area (Å²) in [7, 11) is 0. The van der Waals surface area contributed by atoms with E-state index in [-0.39, 0.29) is 17.9 Å². The van der Waals surface area contributed by atoms with Gasteiger partial charge in [0.2, 0.25) is 5.91 Å². The molecule has 0 bridgehead atoms. The molecule has 0 aliphatic carbocycles. The summed E-state index contributed by atoms with van der Waals surface area (Å²) in [6.45, 7) is 3.93. The summed E-state index contributed by atoms with van der Waals surface area (Å²) in [5.74, 6) is 0.0494. The number of ether oxygens (including phenoxy) is 1. The summed E-state index contributed by atoms with van der Waals surface area (Å²) in [5, 5.41) is 3.69. The van der Waals surface area contributed by atoms with Crippen LogP contribution in [-0.2, 0) is 16.0 Å². The molecule has 2 amide bonds. The van der Waals surface area contributed by atoms with Gasteiger partial charge in [0.05, 0.1) is 6.61 Å². The molecule has 1 saturated heterocycles. The van der Waals surface area contributed by atoms with Gasteiger partial charge in [-0.25, -0.2) is 4.79 Å². The maximum atomic E-state index is 12.2. The molecule has 1 aromatic carbocycles. The van der Waals surface area contributed by atoms with E-state index < -0.39 is 0 Å². The Kier molecular flexibility index (Phi) is 6.71. The number of hydrogen-bond donors (Lipinski definition) is 1. The Morgan fingerprint density at radius 1 is 1.26 bits per heavy atom. The van der Waals surface area contributed by atoms with Gasteiger partial charge >= 0.3 is 6.09 Å². The van der Waals surface area contributed by atoms with E-state index in [1.165, 1.54) is 0 Å². The number of benzene rings is 1. The van der Waals surface area contributed by atoms with Crippen LogP contribution >= 0.6 is 11.6 Å². The Hall–Kier alpha value is -1.75. The van der Waals surface area contributed by atoms with Gasteiger partial charge in [0.15, 0.2) is 0 Å². The van der Waals surface area contributed by atoms with Crippen molar-refractivity contribution in [3.63, 3.8) is 0 Å². The molecule has 0 atom stereocenters. The lowest BCUT2D eigenvalue weighted by Gasteiger charge is -2.30. The summed E-state index contributed by atoms with van der Waals surface area (Å²) >= 11 is 5.84. The van der Waals surface area contributed by atoms with E-state index in [4.69, 9.17) is 16.3 Å². The van der Waals surface area contributed by atoms with Crippen LogP contribution < -0.4 is 5.32 Å². The van der Waals surface area contributed by atoms with Gasteiger partial charge in [0.1, 0.15) is 0 Å². The number of halogens is 1. The zero-order chi connectivity index (χ0) is 16.7. The maximum Gasteiger partial charge on any atom is 0.409 e. The van der Waals surface area contributed by atoms with Crippen molar-refractivity contribution in [3.05, 3.63) is 34.9 Å². The maximum absolute atomic E-state index is 12.2. The number of piperidine rings is 1. The molecule has 1 aromatic rings. The quantitative estimate of drug-likeness (QED) is 0.898. The van der Waals surface area contributed by atoms with Gasteiger partial charge in [-0.3, -0.25) is 4.79 Å². The lowest BCUT2D eigenvalue weighted by molar-refractivity contribution is -0.126. The minimum Gasteiger partial charge on any atom is -0.450 e. The molecule has 1 aliphatic rings. The molecule has 0 spiro atoms. The van der Waals surface area contributed by atoms with E-state index in [0.29, 0.717) is 44.1 Å². The molecular weight excluding hydrogens is 316 g/mol. The van der Waals surface area contributed by atoms with Crippen molar-refractivity contribution in [2.45, 2.75) is 26.2 Å². The number of likely N-dealkylation sites (tertiary alicyclic amines) is 1. The fourth-order valence-electron chi connectivity index (χ4n) is 2.66. The minimum absolute atomic E-state index is 0.0223.